The second-order valence-corrected chi connectivity index (χ2v) is 4.94. The van der Waals surface area contributed by atoms with Crippen LogP contribution in [-0.2, 0) is 0 Å². The van der Waals surface area contributed by atoms with Crippen LogP contribution in [0.4, 0.5) is 5.69 Å². The molecule has 0 bridgehead atoms. The average Bonchev–Trinajstić information content (AvgIpc) is 2.48. The first-order chi connectivity index (χ1) is 9.90. The molecule has 21 heavy (non-hydrogen) atoms. The molecule has 1 aromatic carbocycles. The van der Waals surface area contributed by atoms with Crippen LogP contribution in [0.3, 0.4) is 0 Å². The molecule has 1 heterocycles. The second kappa shape index (κ2) is 5.93. The molecule has 108 valence electrons. The number of amides is 1. The van der Waals surface area contributed by atoms with E-state index in [1.165, 1.54) is 17.0 Å². The SMILES string of the molecule is Cc1ccc(N(C)C(=O)c2ccc(C(=O)O)cn2)cc1Cl. The summed E-state index contributed by atoms with van der Waals surface area (Å²) in [6, 6.07) is 8.03. The number of aromatic nitrogens is 1. The van der Waals surface area contributed by atoms with Crippen molar-refractivity contribution in [3.8, 4) is 0 Å². The zero-order chi connectivity index (χ0) is 15.6. The fourth-order valence-corrected chi connectivity index (χ4v) is 1.90. The van der Waals surface area contributed by atoms with Crippen molar-refractivity contribution in [3.05, 3.63) is 58.4 Å². The molecule has 0 spiro atoms. The maximum Gasteiger partial charge on any atom is 0.337 e. The molecular formula is C15H13ClN2O3. The third kappa shape index (κ3) is 3.20. The van der Waals surface area contributed by atoms with Gasteiger partial charge in [-0.2, -0.15) is 0 Å². The third-order valence-electron chi connectivity index (χ3n) is 3.08. The Bertz CT molecular complexity index is 699. The van der Waals surface area contributed by atoms with Crippen LogP contribution in [-0.4, -0.2) is 29.0 Å². The smallest absolute Gasteiger partial charge is 0.337 e. The quantitative estimate of drug-likeness (QED) is 0.946. The molecule has 2 rings (SSSR count). The van der Waals surface area contributed by atoms with E-state index in [9.17, 15) is 9.59 Å². The van der Waals surface area contributed by atoms with Crippen LogP contribution in [0.1, 0.15) is 26.4 Å². The molecule has 0 aliphatic heterocycles. The average molecular weight is 305 g/mol. The van der Waals surface area contributed by atoms with E-state index >= 15 is 0 Å². The first-order valence-electron chi connectivity index (χ1n) is 6.13. The van der Waals surface area contributed by atoms with Gasteiger partial charge in [0.15, 0.2) is 0 Å². The van der Waals surface area contributed by atoms with Crippen LogP contribution in [0, 0.1) is 6.92 Å². The zero-order valence-corrected chi connectivity index (χ0v) is 12.3. The van der Waals surface area contributed by atoms with Crippen molar-refractivity contribution >= 4 is 29.2 Å². The largest absolute Gasteiger partial charge is 0.478 e. The van der Waals surface area contributed by atoms with Gasteiger partial charge in [-0.05, 0) is 36.8 Å². The molecule has 1 N–H and O–H groups in total. The number of benzene rings is 1. The first-order valence-corrected chi connectivity index (χ1v) is 6.51. The number of hydrogen-bond acceptors (Lipinski definition) is 3. The summed E-state index contributed by atoms with van der Waals surface area (Å²) in [7, 11) is 1.61. The van der Waals surface area contributed by atoms with E-state index in [2.05, 4.69) is 4.98 Å². The summed E-state index contributed by atoms with van der Waals surface area (Å²) in [5, 5.41) is 9.38. The highest BCUT2D eigenvalue weighted by atomic mass is 35.5. The van der Waals surface area contributed by atoms with E-state index in [1.807, 2.05) is 13.0 Å². The summed E-state index contributed by atoms with van der Waals surface area (Å²) in [6.07, 6.45) is 1.16. The van der Waals surface area contributed by atoms with Gasteiger partial charge in [0, 0.05) is 24.0 Å². The first kappa shape index (κ1) is 15.0. The van der Waals surface area contributed by atoms with Crippen LogP contribution < -0.4 is 4.90 Å². The number of rotatable bonds is 3. The molecule has 2 aromatic rings. The van der Waals surface area contributed by atoms with E-state index in [1.54, 1.807) is 19.2 Å². The molecule has 0 aliphatic carbocycles. The minimum absolute atomic E-state index is 0.0348. The number of pyridine rings is 1. The molecule has 0 unspecified atom stereocenters. The molecular weight excluding hydrogens is 292 g/mol. The van der Waals surface area contributed by atoms with Gasteiger partial charge in [0.05, 0.1) is 5.56 Å². The predicted octanol–water partition coefficient (Wildman–Crippen LogP) is 3.02. The molecule has 0 atom stereocenters. The molecule has 1 amide bonds. The molecule has 0 saturated heterocycles. The lowest BCUT2D eigenvalue weighted by atomic mass is 10.2. The van der Waals surface area contributed by atoms with E-state index in [4.69, 9.17) is 16.7 Å². The Kier molecular flexibility index (Phi) is 4.23. The van der Waals surface area contributed by atoms with Crippen LogP contribution >= 0.6 is 11.6 Å². The normalized spacial score (nSPS) is 10.2. The number of carboxylic acid groups (broad SMARTS) is 1. The molecule has 0 saturated carbocycles. The lowest BCUT2D eigenvalue weighted by Gasteiger charge is -2.17. The molecule has 6 heteroatoms. The van der Waals surface area contributed by atoms with Crippen molar-refractivity contribution < 1.29 is 14.7 Å². The topological polar surface area (TPSA) is 70.5 Å². The standard InChI is InChI=1S/C15H13ClN2O3/c1-9-3-5-11(7-12(9)16)18(2)14(19)13-6-4-10(8-17-13)15(20)21/h3-8H,1-2H3,(H,20,21). The van der Waals surface area contributed by atoms with Gasteiger partial charge < -0.3 is 10.0 Å². The molecule has 0 radical (unpaired) electrons. The highest BCUT2D eigenvalue weighted by molar-refractivity contribution is 6.31. The number of halogens is 1. The minimum atomic E-state index is -1.08. The second-order valence-electron chi connectivity index (χ2n) is 4.53. The lowest BCUT2D eigenvalue weighted by Crippen LogP contribution is -2.27. The van der Waals surface area contributed by atoms with E-state index in [0.717, 1.165) is 11.8 Å². The number of aromatic carboxylic acids is 1. The van der Waals surface area contributed by atoms with Crippen molar-refractivity contribution in [2.75, 3.05) is 11.9 Å². The Morgan fingerprint density at radius 1 is 1.24 bits per heavy atom. The van der Waals surface area contributed by atoms with Gasteiger partial charge in [-0.1, -0.05) is 17.7 Å². The van der Waals surface area contributed by atoms with Gasteiger partial charge >= 0.3 is 5.97 Å². The third-order valence-corrected chi connectivity index (χ3v) is 3.48. The lowest BCUT2D eigenvalue weighted by molar-refractivity contribution is 0.0695. The number of anilines is 1. The molecule has 0 fully saturated rings. The predicted molar refractivity (Wildman–Crippen MR) is 80.1 cm³/mol. The Hall–Kier alpha value is -2.40. The van der Waals surface area contributed by atoms with E-state index in [0.29, 0.717) is 10.7 Å². The zero-order valence-electron chi connectivity index (χ0n) is 11.5. The van der Waals surface area contributed by atoms with Crippen molar-refractivity contribution in [1.82, 2.24) is 4.98 Å². The van der Waals surface area contributed by atoms with Gasteiger partial charge in [0.2, 0.25) is 0 Å². The van der Waals surface area contributed by atoms with Crippen molar-refractivity contribution in [1.29, 1.82) is 0 Å². The maximum atomic E-state index is 12.3. The number of aryl methyl sites for hydroxylation is 1. The van der Waals surface area contributed by atoms with E-state index < -0.39 is 5.97 Å². The molecule has 1 aromatic heterocycles. The van der Waals surface area contributed by atoms with Crippen LogP contribution in [0.25, 0.3) is 0 Å². The fraction of sp³-hybridized carbons (Fsp3) is 0.133. The van der Waals surface area contributed by atoms with Crippen LogP contribution in [0.5, 0.6) is 0 Å². The van der Waals surface area contributed by atoms with Gasteiger partial charge in [0.25, 0.3) is 5.91 Å². The number of hydrogen-bond donors (Lipinski definition) is 1. The summed E-state index contributed by atoms with van der Waals surface area (Å²) >= 11 is 6.05. The maximum absolute atomic E-state index is 12.3. The summed E-state index contributed by atoms with van der Waals surface area (Å²) in [5.41, 5.74) is 1.76. The highest BCUT2D eigenvalue weighted by Crippen LogP contribution is 2.23. The van der Waals surface area contributed by atoms with Crippen molar-refractivity contribution in [3.63, 3.8) is 0 Å². The summed E-state index contributed by atoms with van der Waals surface area (Å²) in [5.74, 6) is -1.42. The fourth-order valence-electron chi connectivity index (χ4n) is 1.73. The summed E-state index contributed by atoms with van der Waals surface area (Å²) in [4.78, 5) is 28.3. The number of nitrogens with zero attached hydrogens (tertiary/aromatic N) is 2. The van der Waals surface area contributed by atoms with Gasteiger partial charge in [0.1, 0.15) is 5.69 Å². The summed E-state index contributed by atoms with van der Waals surface area (Å²) in [6.45, 7) is 1.88. The van der Waals surface area contributed by atoms with Crippen LogP contribution in [0.15, 0.2) is 36.5 Å². The Balaban J connectivity index is 2.25. The van der Waals surface area contributed by atoms with Gasteiger partial charge in [-0.15, -0.1) is 0 Å². The number of carboxylic acids is 1. The Morgan fingerprint density at radius 3 is 2.48 bits per heavy atom. The highest BCUT2D eigenvalue weighted by Gasteiger charge is 2.16. The number of carbonyl (C=O) groups is 2. The molecule has 5 nitrogen and oxygen atoms in total. The summed E-state index contributed by atoms with van der Waals surface area (Å²) < 4.78 is 0. The Morgan fingerprint density at radius 2 is 1.95 bits per heavy atom. The van der Waals surface area contributed by atoms with Gasteiger partial charge in [-0.3, -0.25) is 9.78 Å². The van der Waals surface area contributed by atoms with Crippen molar-refractivity contribution in [2.45, 2.75) is 6.92 Å². The Labute approximate surface area is 126 Å². The van der Waals surface area contributed by atoms with Crippen molar-refractivity contribution in [2.24, 2.45) is 0 Å². The van der Waals surface area contributed by atoms with Crippen LogP contribution in [0.2, 0.25) is 5.02 Å². The molecule has 0 aliphatic rings. The van der Waals surface area contributed by atoms with E-state index in [-0.39, 0.29) is 17.2 Å². The number of carbonyl (C=O) groups excluding carboxylic acids is 1. The monoisotopic (exact) mass is 304 g/mol. The van der Waals surface area contributed by atoms with Gasteiger partial charge in [-0.25, -0.2) is 4.79 Å². The minimum Gasteiger partial charge on any atom is -0.478 e.